The highest BCUT2D eigenvalue weighted by molar-refractivity contribution is 6.10. The number of hydrogen-bond donors (Lipinski definition) is 4. The Bertz CT molecular complexity index is 904. The zero-order valence-corrected chi connectivity index (χ0v) is 21.1. The molecule has 34 heavy (non-hydrogen) atoms. The molecule has 4 N–H and O–H groups in total. The van der Waals surface area contributed by atoms with E-state index in [1.54, 1.807) is 42.6 Å². The van der Waals surface area contributed by atoms with Crippen LogP contribution in [0.25, 0.3) is 0 Å². The molecule has 0 aliphatic heterocycles. The molecule has 0 bridgehead atoms. The summed E-state index contributed by atoms with van der Waals surface area (Å²) in [6.45, 7) is 13.1. The predicted octanol–water partition coefficient (Wildman–Crippen LogP) is 2.57. The normalized spacial score (nSPS) is 13.9. The van der Waals surface area contributed by atoms with E-state index in [9.17, 15) is 15.0 Å². The van der Waals surface area contributed by atoms with Gasteiger partial charge in [0.25, 0.3) is 0 Å². The minimum atomic E-state index is -0.741. The molecule has 2 atom stereocenters. The number of aliphatic hydroxyl groups is 2. The zero-order chi connectivity index (χ0) is 25.4. The van der Waals surface area contributed by atoms with Crippen molar-refractivity contribution in [3.63, 3.8) is 0 Å². The Balaban J connectivity index is 1.94. The van der Waals surface area contributed by atoms with Gasteiger partial charge in [-0.15, -0.1) is 0 Å². The van der Waals surface area contributed by atoms with E-state index in [1.165, 1.54) is 0 Å². The molecule has 188 valence electrons. The summed E-state index contributed by atoms with van der Waals surface area (Å²) in [7, 11) is 0. The SMILES string of the molecule is CC(C)(C)NCC(O)COc1ccc(C(=O)c2cccnc2OCC(O)CNC(C)(C)C)cc1. The quantitative estimate of drug-likeness (QED) is 0.348. The molecule has 2 rings (SSSR count). The number of hydrogen-bond acceptors (Lipinski definition) is 8. The number of aliphatic hydroxyl groups excluding tert-OH is 2. The molecule has 2 unspecified atom stereocenters. The topological polar surface area (TPSA) is 113 Å². The molecular weight excluding hydrogens is 434 g/mol. The average molecular weight is 474 g/mol. The molecule has 1 aromatic carbocycles. The van der Waals surface area contributed by atoms with E-state index in [4.69, 9.17) is 9.47 Å². The summed E-state index contributed by atoms with van der Waals surface area (Å²) in [5.41, 5.74) is 0.565. The number of β-amino-alcohol motifs (C(OH)–C–C–N with tert-alkyl or cyclic N) is 2. The lowest BCUT2D eigenvalue weighted by Crippen LogP contribution is -2.42. The Kier molecular flexibility index (Phi) is 10.00. The van der Waals surface area contributed by atoms with E-state index < -0.39 is 12.2 Å². The van der Waals surface area contributed by atoms with Crippen molar-refractivity contribution in [2.75, 3.05) is 26.3 Å². The van der Waals surface area contributed by atoms with Crippen LogP contribution >= 0.6 is 0 Å². The summed E-state index contributed by atoms with van der Waals surface area (Å²) in [5.74, 6) is 0.493. The van der Waals surface area contributed by atoms with Crippen LogP contribution in [-0.2, 0) is 0 Å². The van der Waals surface area contributed by atoms with Gasteiger partial charge in [-0.25, -0.2) is 4.98 Å². The van der Waals surface area contributed by atoms with E-state index in [-0.39, 0.29) is 36.0 Å². The predicted molar refractivity (Wildman–Crippen MR) is 133 cm³/mol. The summed E-state index contributed by atoms with van der Waals surface area (Å²) in [5, 5.41) is 26.7. The second-order valence-corrected chi connectivity index (χ2v) is 10.4. The van der Waals surface area contributed by atoms with Gasteiger partial charge in [0.15, 0.2) is 5.78 Å². The van der Waals surface area contributed by atoms with Gasteiger partial charge in [0.05, 0.1) is 5.56 Å². The van der Waals surface area contributed by atoms with Crippen molar-refractivity contribution in [1.82, 2.24) is 15.6 Å². The maximum absolute atomic E-state index is 13.0. The number of nitrogens with one attached hydrogen (secondary N) is 2. The third kappa shape index (κ3) is 10.2. The van der Waals surface area contributed by atoms with E-state index in [0.29, 0.717) is 30.0 Å². The molecule has 0 amide bonds. The van der Waals surface area contributed by atoms with Crippen molar-refractivity contribution < 1.29 is 24.5 Å². The van der Waals surface area contributed by atoms with Crippen LogP contribution in [0, 0.1) is 0 Å². The van der Waals surface area contributed by atoms with Crippen molar-refractivity contribution in [3.8, 4) is 11.6 Å². The first-order chi connectivity index (χ1) is 15.8. The van der Waals surface area contributed by atoms with Crippen LogP contribution in [0.3, 0.4) is 0 Å². The lowest BCUT2D eigenvalue weighted by Gasteiger charge is -2.23. The van der Waals surface area contributed by atoms with Crippen molar-refractivity contribution in [3.05, 3.63) is 53.7 Å². The highest BCUT2D eigenvalue weighted by Gasteiger charge is 2.18. The van der Waals surface area contributed by atoms with Gasteiger partial charge in [-0.05, 0) is 77.9 Å². The monoisotopic (exact) mass is 473 g/mol. The number of ether oxygens (including phenoxy) is 2. The molecule has 0 saturated carbocycles. The minimum Gasteiger partial charge on any atom is -0.491 e. The van der Waals surface area contributed by atoms with Crippen molar-refractivity contribution in [2.24, 2.45) is 0 Å². The third-order valence-corrected chi connectivity index (χ3v) is 4.72. The fourth-order valence-electron chi connectivity index (χ4n) is 2.87. The summed E-state index contributed by atoms with van der Waals surface area (Å²) < 4.78 is 11.3. The van der Waals surface area contributed by atoms with Gasteiger partial charge >= 0.3 is 0 Å². The fraction of sp³-hybridized carbons (Fsp3) is 0.538. The standard InChI is InChI=1S/C26H39N3O5/c1-25(2,3)28-14-19(30)16-33-21-11-9-18(10-12-21)23(32)22-8-7-13-27-24(22)34-17-20(31)15-29-26(4,5)6/h7-13,19-20,28-31H,14-17H2,1-6H3. The molecule has 2 aromatic rings. The molecule has 1 heterocycles. The number of benzene rings is 1. The smallest absolute Gasteiger partial charge is 0.224 e. The first-order valence-corrected chi connectivity index (χ1v) is 11.6. The van der Waals surface area contributed by atoms with Gasteiger partial charge in [0, 0.05) is 35.9 Å². The lowest BCUT2D eigenvalue weighted by molar-refractivity contribution is 0.0940. The van der Waals surface area contributed by atoms with Crippen LogP contribution in [-0.4, -0.2) is 70.6 Å². The summed E-state index contributed by atoms with van der Waals surface area (Å²) in [6.07, 6.45) is 0.155. The Labute approximate surface area is 202 Å². The largest absolute Gasteiger partial charge is 0.491 e. The second kappa shape index (κ2) is 12.3. The highest BCUT2D eigenvalue weighted by Crippen LogP contribution is 2.21. The number of nitrogens with zero attached hydrogens (tertiary/aromatic N) is 1. The number of carbonyl (C=O) groups excluding carboxylic acids is 1. The van der Waals surface area contributed by atoms with Crippen molar-refractivity contribution in [2.45, 2.75) is 64.8 Å². The first-order valence-electron chi connectivity index (χ1n) is 11.6. The number of carbonyl (C=O) groups is 1. The van der Waals surface area contributed by atoms with Crippen LogP contribution in [0.2, 0.25) is 0 Å². The lowest BCUT2D eigenvalue weighted by atomic mass is 10.0. The second-order valence-electron chi connectivity index (χ2n) is 10.4. The Morgan fingerprint density at radius 1 is 0.882 bits per heavy atom. The molecule has 0 aliphatic carbocycles. The third-order valence-electron chi connectivity index (χ3n) is 4.72. The van der Waals surface area contributed by atoms with Crippen molar-refractivity contribution >= 4 is 5.78 Å². The Morgan fingerprint density at radius 2 is 1.41 bits per heavy atom. The molecule has 0 radical (unpaired) electrons. The van der Waals surface area contributed by atoms with Gasteiger partial charge in [0.1, 0.15) is 31.2 Å². The van der Waals surface area contributed by atoms with Crippen LogP contribution in [0.1, 0.15) is 57.5 Å². The molecular formula is C26H39N3O5. The van der Waals surface area contributed by atoms with Crippen LogP contribution in [0.5, 0.6) is 11.6 Å². The van der Waals surface area contributed by atoms with Gasteiger partial charge in [0.2, 0.25) is 5.88 Å². The molecule has 8 heteroatoms. The van der Waals surface area contributed by atoms with Crippen LogP contribution in [0.4, 0.5) is 0 Å². The number of rotatable bonds is 12. The highest BCUT2D eigenvalue weighted by atomic mass is 16.5. The van der Waals surface area contributed by atoms with Gasteiger partial charge in [-0.3, -0.25) is 4.79 Å². The number of aromatic nitrogens is 1. The van der Waals surface area contributed by atoms with E-state index >= 15 is 0 Å². The zero-order valence-electron chi connectivity index (χ0n) is 21.1. The van der Waals surface area contributed by atoms with Gasteiger partial charge in [-0.1, -0.05) is 0 Å². The number of pyridine rings is 1. The summed E-state index contributed by atoms with van der Waals surface area (Å²) in [6, 6.07) is 10.0. The number of ketones is 1. The molecule has 0 spiro atoms. The summed E-state index contributed by atoms with van der Waals surface area (Å²) >= 11 is 0. The first kappa shape index (κ1) is 27.7. The van der Waals surface area contributed by atoms with Gasteiger partial charge < -0.3 is 30.3 Å². The van der Waals surface area contributed by atoms with Crippen molar-refractivity contribution in [1.29, 1.82) is 0 Å². The maximum Gasteiger partial charge on any atom is 0.224 e. The Hall–Kier alpha value is -2.52. The maximum atomic E-state index is 13.0. The molecule has 0 fully saturated rings. The van der Waals surface area contributed by atoms with E-state index in [2.05, 4.69) is 15.6 Å². The molecule has 0 saturated heterocycles. The van der Waals surface area contributed by atoms with E-state index in [1.807, 2.05) is 41.5 Å². The minimum absolute atomic E-state index is 0.0134. The van der Waals surface area contributed by atoms with Gasteiger partial charge in [-0.2, -0.15) is 0 Å². The molecule has 0 aliphatic rings. The van der Waals surface area contributed by atoms with Crippen LogP contribution < -0.4 is 20.1 Å². The molecule has 1 aromatic heterocycles. The Morgan fingerprint density at radius 3 is 1.94 bits per heavy atom. The molecule has 8 nitrogen and oxygen atoms in total. The van der Waals surface area contributed by atoms with E-state index in [0.717, 1.165) is 0 Å². The van der Waals surface area contributed by atoms with Crippen LogP contribution in [0.15, 0.2) is 42.6 Å². The fourth-order valence-corrected chi connectivity index (χ4v) is 2.87. The average Bonchev–Trinajstić information content (AvgIpc) is 2.78. The summed E-state index contributed by atoms with van der Waals surface area (Å²) in [4.78, 5) is 17.2.